The zero-order valence-corrected chi connectivity index (χ0v) is 15.6. The minimum Gasteiger partial charge on any atom is -0.497 e. The van der Waals surface area contributed by atoms with E-state index in [0.29, 0.717) is 29.4 Å². The Hall–Kier alpha value is -3.92. The van der Waals surface area contributed by atoms with E-state index < -0.39 is 0 Å². The first-order valence-electron chi connectivity index (χ1n) is 8.61. The highest BCUT2D eigenvalue weighted by molar-refractivity contribution is 6.03. The molecule has 0 unspecified atom stereocenters. The predicted octanol–water partition coefficient (Wildman–Crippen LogP) is 3.53. The van der Waals surface area contributed by atoms with Crippen LogP contribution in [0.3, 0.4) is 0 Å². The van der Waals surface area contributed by atoms with Crippen LogP contribution in [0.4, 0.5) is 11.6 Å². The van der Waals surface area contributed by atoms with Crippen molar-refractivity contribution in [2.24, 2.45) is 0 Å². The fourth-order valence-corrected chi connectivity index (χ4v) is 2.51. The van der Waals surface area contributed by atoms with Crippen molar-refractivity contribution in [2.45, 2.75) is 13.5 Å². The molecule has 0 aliphatic carbocycles. The van der Waals surface area contributed by atoms with E-state index in [4.69, 9.17) is 10.00 Å². The third-order valence-electron chi connectivity index (χ3n) is 3.97. The molecule has 3 aromatic rings. The molecule has 1 heterocycles. The molecule has 1 amide bonds. The van der Waals surface area contributed by atoms with Gasteiger partial charge >= 0.3 is 0 Å². The van der Waals surface area contributed by atoms with Crippen LogP contribution in [0.1, 0.15) is 27.3 Å². The van der Waals surface area contributed by atoms with Gasteiger partial charge in [0.1, 0.15) is 11.4 Å². The molecular formula is C21H19N5O2. The van der Waals surface area contributed by atoms with Gasteiger partial charge in [-0.3, -0.25) is 4.79 Å². The van der Waals surface area contributed by atoms with Gasteiger partial charge in [0.05, 0.1) is 18.7 Å². The maximum atomic E-state index is 12.5. The van der Waals surface area contributed by atoms with Gasteiger partial charge in [0.15, 0.2) is 0 Å². The monoisotopic (exact) mass is 373 g/mol. The molecule has 0 saturated heterocycles. The molecule has 3 rings (SSSR count). The van der Waals surface area contributed by atoms with Gasteiger partial charge in [0.2, 0.25) is 5.95 Å². The van der Waals surface area contributed by atoms with Gasteiger partial charge in [0, 0.05) is 17.9 Å². The average molecular weight is 373 g/mol. The third kappa shape index (κ3) is 4.83. The van der Waals surface area contributed by atoms with E-state index in [1.807, 2.05) is 30.3 Å². The van der Waals surface area contributed by atoms with Crippen molar-refractivity contribution in [1.29, 1.82) is 5.26 Å². The van der Waals surface area contributed by atoms with Crippen molar-refractivity contribution >= 4 is 17.5 Å². The lowest BCUT2D eigenvalue weighted by atomic mass is 10.2. The number of amides is 1. The number of methoxy groups -OCH3 is 1. The van der Waals surface area contributed by atoms with Crippen LogP contribution in [0.25, 0.3) is 0 Å². The summed E-state index contributed by atoms with van der Waals surface area (Å²) in [5.41, 5.74) is 3.09. The quantitative estimate of drug-likeness (QED) is 0.686. The second-order valence-corrected chi connectivity index (χ2v) is 6.06. The van der Waals surface area contributed by atoms with E-state index >= 15 is 0 Å². The van der Waals surface area contributed by atoms with Gasteiger partial charge < -0.3 is 15.4 Å². The smallest absolute Gasteiger partial charge is 0.274 e. The molecule has 0 aliphatic rings. The van der Waals surface area contributed by atoms with Crippen molar-refractivity contribution in [2.75, 3.05) is 17.7 Å². The van der Waals surface area contributed by atoms with Crippen LogP contribution in [0.15, 0.2) is 54.6 Å². The number of nitrogens with one attached hydrogen (secondary N) is 2. The molecule has 0 saturated carbocycles. The van der Waals surface area contributed by atoms with Crippen molar-refractivity contribution < 1.29 is 9.53 Å². The van der Waals surface area contributed by atoms with E-state index in [1.54, 1.807) is 44.4 Å². The number of anilines is 2. The van der Waals surface area contributed by atoms with Crippen molar-refractivity contribution in [1.82, 2.24) is 9.97 Å². The van der Waals surface area contributed by atoms with Crippen molar-refractivity contribution in [3.05, 3.63) is 77.1 Å². The largest absolute Gasteiger partial charge is 0.497 e. The highest BCUT2D eigenvalue weighted by Gasteiger charge is 2.11. The fraction of sp³-hybridized carbons (Fsp3) is 0.143. The molecule has 7 heteroatoms. The van der Waals surface area contributed by atoms with Gasteiger partial charge in [-0.05, 0) is 55.0 Å². The summed E-state index contributed by atoms with van der Waals surface area (Å²) in [6.45, 7) is 2.32. The van der Waals surface area contributed by atoms with E-state index in [9.17, 15) is 4.79 Å². The third-order valence-corrected chi connectivity index (χ3v) is 3.97. The first-order chi connectivity index (χ1) is 13.6. The van der Waals surface area contributed by atoms with Crippen LogP contribution in [-0.2, 0) is 6.54 Å². The van der Waals surface area contributed by atoms with Gasteiger partial charge in [-0.25, -0.2) is 9.97 Å². The topological polar surface area (TPSA) is 99.9 Å². The number of aryl methyl sites for hydroxylation is 1. The van der Waals surface area contributed by atoms with E-state index in [-0.39, 0.29) is 11.6 Å². The Morgan fingerprint density at radius 2 is 1.82 bits per heavy atom. The Bertz CT molecular complexity index is 1010. The minimum absolute atomic E-state index is 0.258. The summed E-state index contributed by atoms with van der Waals surface area (Å²) in [5, 5.41) is 14.7. The van der Waals surface area contributed by atoms with E-state index in [0.717, 1.165) is 11.3 Å². The molecule has 0 radical (unpaired) electrons. The Morgan fingerprint density at radius 3 is 2.46 bits per heavy atom. The SMILES string of the molecule is COc1ccc(CNc2nc(C)cc(C(=O)Nc3ccc(C#N)cc3)n2)cc1. The Kier molecular flexibility index (Phi) is 5.82. The number of benzene rings is 2. The molecule has 140 valence electrons. The molecule has 28 heavy (non-hydrogen) atoms. The van der Waals surface area contributed by atoms with E-state index in [1.165, 1.54) is 0 Å². The minimum atomic E-state index is -0.345. The number of nitriles is 1. The molecular weight excluding hydrogens is 354 g/mol. The summed E-state index contributed by atoms with van der Waals surface area (Å²) >= 11 is 0. The lowest BCUT2D eigenvalue weighted by Gasteiger charge is -2.09. The number of ether oxygens (including phenoxy) is 1. The Labute approximate surface area is 163 Å². The molecule has 2 N–H and O–H groups in total. The number of carbonyl (C=O) groups is 1. The number of nitrogens with zero attached hydrogens (tertiary/aromatic N) is 3. The normalized spacial score (nSPS) is 10.0. The van der Waals surface area contributed by atoms with E-state index in [2.05, 4.69) is 20.6 Å². The predicted molar refractivity (Wildman–Crippen MR) is 106 cm³/mol. The maximum Gasteiger partial charge on any atom is 0.274 e. The highest BCUT2D eigenvalue weighted by atomic mass is 16.5. The second kappa shape index (κ2) is 8.64. The zero-order valence-electron chi connectivity index (χ0n) is 15.6. The standard InChI is InChI=1S/C21H19N5O2/c1-14-11-19(20(27)25-17-7-3-15(12-22)4-8-17)26-21(24-14)23-13-16-5-9-18(28-2)10-6-16/h3-11H,13H2,1-2H3,(H,25,27)(H,23,24,26). The average Bonchev–Trinajstić information content (AvgIpc) is 2.72. The fourth-order valence-electron chi connectivity index (χ4n) is 2.51. The van der Waals surface area contributed by atoms with Gasteiger partial charge in [-0.15, -0.1) is 0 Å². The summed E-state index contributed by atoms with van der Waals surface area (Å²) in [5.74, 6) is 0.820. The molecule has 0 aliphatic heterocycles. The molecule has 0 spiro atoms. The Morgan fingerprint density at radius 1 is 1.11 bits per heavy atom. The molecule has 7 nitrogen and oxygen atoms in total. The first-order valence-corrected chi connectivity index (χ1v) is 8.61. The zero-order chi connectivity index (χ0) is 19.9. The van der Waals surface area contributed by atoms with Gasteiger partial charge in [-0.1, -0.05) is 12.1 Å². The molecule has 0 bridgehead atoms. The van der Waals surface area contributed by atoms with Crippen LogP contribution in [0.2, 0.25) is 0 Å². The molecule has 0 atom stereocenters. The van der Waals surface area contributed by atoms with Crippen LogP contribution in [0, 0.1) is 18.3 Å². The first kappa shape index (κ1) is 18.9. The summed E-state index contributed by atoms with van der Waals surface area (Å²) in [6, 6.07) is 17.9. The summed E-state index contributed by atoms with van der Waals surface area (Å²) in [6.07, 6.45) is 0. The maximum absolute atomic E-state index is 12.5. The number of hydrogen-bond donors (Lipinski definition) is 2. The van der Waals surface area contributed by atoms with Gasteiger partial charge in [-0.2, -0.15) is 5.26 Å². The van der Waals surface area contributed by atoms with Crippen LogP contribution < -0.4 is 15.4 Å². The summed E-state index contributed by atoms with van der Waals surface area (Å²) in [7, 11) is 1.62. The van der Waals surface area contributed by atoms with Crippen LogP contribution >= 0.6 is 0 Å². The van der Waals surface area contributed by atoms with Crippen molar-refractivity contribution in [3.63, 3.8) is 0 Å². The molecule has 0 fully saturated rings. The highest BCUT2D eigenvalue weighted by Crippen LogP contribution is 2.14. The molecule has 2 aromatic carbocycles. The number of rotatable bonds is 6. The molecule has 1 aromatic heterocycles. The lowest BCUT2D eigenvalue weighted by Crippen LogP contribution is -2.16. The summed E-state index contributed by atoms with van der Waals surface area (Å²) in [4.78, 5) is 21.1. The lowest BCUT2D eigenvalue weighted by molar-refractivity contribution is 0.102. The van der Waals surface area contributed by atoms with Gasteiger partial charge in [0.25, 0.3) is 5.91 Å². The van der Waals surface area contributed by atoms with Crippen LogP contribution in [0.5, 0.6) is 5.75 Å². The number of aromatic nitrogens is 2. The number of hydrogen-bond acceptors (Lipinski definition) is 6. The second-order valence-electron chi connectivity index (χ2n) is 6.06. The number of carbonyl (C=O) groups excluding carboxylic acids is 1. The van der Waals surface area contributed by atoms with Crippen LogP contribution in [-0.4, -0.2) is 23.0 Å². The van der Waals surface area contributed by atoms with Crippen molar-refractivity contribution in [3.8, 4) is 11.8 Å². The Balaban J connectivity index is 1.69. The summed E-state index contributed by atoms with van der Waals surface area (Å²) < 4.78 is 5.15.